The third-order valence-corrected chi connectivity index (χ3v) is 5.88. The Kier molecular flexibility index (Phi) is 6.11. The summed E-state index contributed by atoms with van der Waals surface area (Å²) in [6.45, 7) is 4.41. The molecule has 2 unspecified atom stereocenters. The molecule has 8 nitrogen and oxygen atoms in total. The first-order chi connectivity index (χ1) is 13.7. The molecule has 0 radical (unpaired) electrons. The lowest BCUT2D eigenvalue weighted by Gasteiger charge is -2.19. The van der Waals surface area contributed by atoms with E-state index in [1.807, 2.05) is 25.3 Å². The van der Waals surface area contributed by atoms with Gasteiger partial charge in [-0.15, -0.1) is 11.3 Å². The molecule has 29 heavy (non-hydrogen) atoms. The van der Waals surface area contributed by atoms with Gasteiger partial charge in [0.05, 0.1) is 0 Å². The first-order valence-corrected chi connectivity index (χ1v) is 10.1. The highest BCUT2D eigenvalue weighted by molar-refractivity contribution is 7.10. The number of carbonyl (C=O) groups is 2. The van der Waals surface area contributed by atoms with E-state index >= 15 is 0 Å². The molecule has 156 valence electrons. The smallest absolute Gasteiger partial charge is 0.453 e. The van der Waals surface area contributed by atoms with Gasteiger partial charge in [-0.3, -0.25) is 0 Å². The number of carboxylic acid groups (broad SMARTS) is 2. The van der Waals surface area contributed by atoms with Gasteiger partial charge in [-0.05, 0) is 54.5 Å². The molecular formula is C20H23NO7S. The molecule has 0 aliphatic carbocycles. The van der Waals surface area contributed by atoms with Gasteiger partial charge in [0.25, 0.3) is 0 Å². The second-order valence-corrected chi connectivity index (χ2v) is 7.91. The van der Waals surface area contributed by atoms with Gasteiger partial charge in [-0.2, -0.15) is 0 Å². The van der Waals surface area contributed by atoms with E-state index in [0.29, 0.717) is 13.0 Å². The van der Waals surface area contributed by atoms with Crippen LogP contribution in [0.15, 0.2) is 29.6 Å². The SMILES string of the molecule is CCC(Cc1ccc2c(c1)OC(C(=O)O)(C(=O)O)O2)NCC(O)c1cc(C)cs1. The number of ether oxygens (including phenoxy) is 2. The quantitative estimate of drug-likeness (QED) is 0.455. The van der Waals surface area contributed by atoms with E-state index in [1.165, 1.54) is 17.4 Å². The lowest BCUT2D eigenvalue weighted by molar-refractivity contribution is -0.194. The van der Waals surface area contributed by atoms with E-state index in [1.54, 1.807) is 12.1 Å². The molecule has 1 aromatic heterocycles. The van der Waals surface area contributed by atoms with Gasteiger partial charge in [0.2, 0.25) is 0 Å². The maximum Gasteiger partial charge on any atom is 0.453 e. The number of aliphatic hydroxyl groups is 1. The fourth-order valence-electron chi connectivity index (χ4n) is 3.09. The molecule has 2 heterocycles. The maximum absolute atomic E-state index is 11.3. The van der Waals surface area contributed by atoms with E-state index in [0.717, 1.165) is 22.4 Å². The average molecular weight is 421 g/mol. The molecule has 2 aromatic rings. The molecule has 0 saturated heterocycles. The summed E-state index contributed by atoms with van der Waals surface area (Å²) >= 11 is 1.52. The van der Waals surface area contributed by atoms with Crippen LogP contribution in [0, 0.1) is 6.92 Å². The normalized spacial score (nSPS) is 16.4. The predicted octanol–water partition coefficient (Wildman–Crippen LogP) is 2.34. The highest BCUT2D eigenvalue weighted by Gasteiger charge is 2.57. The number of benzene rings is 1. The molecule has 1 aliphatic rings. The summed E-state index contributed by atoms with van der Waals surface area (Å²) < 4.78 is 10.2. The number of aliphatic hydroxyl groups excluding tert-OH is 1. The maximum atomic E-state index is 11.3. The molecular weight excluding hydrogens is 398 g/mol. The molecule has 0 bridgehead atoms. The van der Waals surface area contributed by atoms with Crippen molar-refractivity contribution in [2.45, 2.75) is 44.6 Å². The minimum atomic E-state index is -2.76. The molecule has 2 atom stereocenters. The van der Waals surface area contributed by atoms with Crippen molar-refractivity contribution in [3.8, 4) is 11.5 Å². The van der Waals surface area contributed by atoms with Crippen LogP contribution < -0.4 is 14.8 Å². The van der Waals surface area contributed by atoms with Gasteiger partial charge >= 0.3 is 17.7 Å². The van der Waals surface area contributed by atoms with Gasteiger partial charge in [-0.25, -0.2) is 9.59 Å². The second kappa shape index (κ2) is 8.40. The van der Waals surface area contributed by atoms with Crippen LogP contribution in [0.4, 0.5) is 0 Å². The van der Waals surface area contributed by atoms with Crippen molar-refractivity contribution in [2.75, 3.05) is 6.54 Å². The van der Waals surface area contributed by atoms with Crippen molar-refractivity contribution in [3.05, 3.63) is 45.6 Å². The van der Waals surface area contributed by atoms with E-state index in [9.17, 15) is 24.9 Å². The van der Waals surface area contributed by atoms with E-state index in [4.69, 9.17) is 9.47 Å². The third-order valence-electron chi connectivity index (χ3n) is 4.73. The topological polar surface area (TPSA) is 125 Å². The highest BCUT2D eigenvalue weighted by Crippen LogP contribution is 2.40. The molecule has 4 N–H and O–H groups in total. The van der Waals surface area contributed by atoms with Crippen LogP contribution in [0.1, 0.15) is 35.5 Å². The molecule has 1 aliphatic heterocycles. The van der Waals surface area contributed by atoms with Crippen molar-refractivity contribution in [3.63, 3.8) is 0 Å². The van der Waals surface area contributed by atoms with Crippen molar-refractivity contribution >= 4 is 23.3 Å². The minimum absolute atomic E-state index is 0.0646. The number of aliphatic carboxylic acids is 2. The van der Waals surface area contributed by atoms with E-state index in [-0.39, 0.29) is 17.5 Å². The fourth-order valence-corrected chi connectivity index (χ4v) is 3.98. The van der Waals surface area contributed by atoms with Crippen molar-refractivity contribution < 1.29 is 34.4 Å². The number of carboxylic acids is 2. The van der Waals surface area contributed by atoms with E-state index in [2.05, 4.69) is 5.32 Å². The number of hydrogen-bond acceptors (Lipinski definition) is 7. The first kappa shape index (κ1) is 21.1. The Bertz CT molecular complexity index is 896. The first-order valence-electron chi connectivity index (χ1n) is 9.19. The number of rotatable bonds is 9. The van der Waals surface area contributed by atoms with Crippen LogP contribution in [0.2, 0.25) is 0 Å². The summed E-state index contributed by atoms with van der Waals surface area (Å²) in [6, 6.07) is 6.87. The molecule has 0 fully saturated rings. The van der Waals surface area contributed by atoms with Crippen LogP contribution in [0.25, 0.3) is 0 Å². The van der Waals surface area contributed by atoms with Gasteiger partial charge in [0, 0.05) is 17.5 Å². The Morgan fingerprint density at radius 2 is 1.86 bits per heavy atom. The third kappa shape index (κ3) is 4.36. The Balaban J connectivity index is 1.65. The summed E-state index contributed by atoms with van der Waals surface area (Å²) in [6.07, 6.45) is 0.807. The van der Waals surface area contributed by atoms with Crippen molar-refractivity contribution in [1.82, 2.24) is 5.32 Å². The van der Waals surface area contributed by atoms with Crippen molar-refractivity contribution in [2.24, 2.45) is 0 Å². The monoisotopic (exact) mass is 421 g/mol. The molecule has 0 saturated carbocycles. The zero-order valence-electron chi connectivity index (χ0n) is 16.0. The molecule has 9 heteroatoms. The summed E-state index contributed by atoms with van der Waals surface area (Å²) in [4.78, 5) is 23.6. The van der Waals surface area contributed by atoms with Crippen LogP contribution >= 0.6 is 11.3 Å². The predicted molar refractivity (Wildman–Crippen MR) is 106 cm³/mol. The minimum Gasteiger partial charge on any atom is -0.475 e. The summed E-state index contributed by atoms with van der Waals surface area (Å²) in [5.74, 6) is -6.06. The fraction of sp³-hybridized carbons (Fsp3) is 0.400. The zero-order valence-corrected chi connectivity index (χ0v) is 16.9. The molecule has 0 amide bonds. The molecule has 1 aromatic carbocycles. The standard InChI is InChI=1S/C20H23NO7S/c1-3-13(21-9-14(22)17-6-11(2)10-29-17)7-12-4-5-15-16(8-12)28-20(27-15,18(23)24)19(25)26/h4-6,8,10,13-14,21-22H,3,7,9H2,1-2H3,(H,23,24)(H,25,26). The Morgan fingerprint density at radius 1 is 1.17 bits per heavy atom. The summed E-state index contributed by atoms with van der Waals surface area (Å²) in [7, 11) is 0. The number of hydrogen-bond donors (Lipinski definition) is 4. The van der Waals surface area contributed by atoms with Crippen molar-refractivity contribution in [1.29, 1.82) is 0 Å². The van der Waals surface area contributed by atoms with Crippen LogP contribution in [0.5, 0.6) is 11.5 Å². The Labute approximate surface area is 171 Å². The lowest BCUT2D eigenvalue weighted by Crippen LogP contribution is -2.54. The summed E-state index contributed by atoms with van der Waals surface area (Å²) in [5.41, 5.74) is 1.95. The number of nitrogens with one attached hydrogen (secondary N) is 1. The Morgan fingerprint density at radius 3 is 2.45 bits per heavy atom. The number of fused-ring (bicyclic) bond motifs is 1. The highest BCUT2D eigenvalue weighted by atomic mass is 32.1. The van der Waals surface area contributed by atoms with Crippen LogP contribution in [-0.4, -0.2) is 45.6 Å². The van der Waals surface area contributed by atoms with Gasteiger partial charge in [0.1, 0.15) is 6.10 Å². The number of aryl methyl sites for hydroxylation is 1. The molecule has 0 spiro atoms. The Hall–Kier alpha value is -2.62. The number of thiophene rings is 1. The lowest BCUT2D eigenvalue weighted by atomic mass is 10.0. The largest absolute Gasteiger partial charge is 0.475 e. The average Bonchev–Trinajstić information content (AvgIpc) is 3.28. The van der Waals surface area contributed by atoms with Crippen LogP contribution in [-0.2, 0) is 16.0 Å². The molecule has 3 rings (SSSR count). The second-order valence-electron chi connectivity index (χ2n) is 6.97. The van der Waals surface area contributed by atoms with Gasteiger partial charge < -0.3 is 30.1 Å². The summed E-state index contributed by atoms with van der Waals surface area (Å²) in [5, 5.41) is 34.1. The van der Waals surface area contributed by atoms with E-state index < -0.39 is 23.8 Å². The van der Waals surface area contributed by atoms with Gasteiger partial charge in [-0.1, -0.05) is 13.0 Å². The zero-order chi connectivity index (χ0) is 21.2. The van der Waals surface area contributed by atoms with Gasteiger partial charge in [0.15, 0.2) is 11.5 Å². The van der Waals surface area contributed by atoms with Crippen LogP contribution in [0.3, 0.4) is 0 Å².